The molecular formula is C33H36FN5O5. The number of nitrogens with zero attached hydrogens (tertiary/aromatic N) is 3. The number of aromatic nitrogens is 2. The minimum Gasteiger partial charge on any atom is -0.493 e. The van der Waals surface area contributed by atoms with Crippen molar-refractivity contribution in [2.24, 2.45) is 0 Å². The number of rotatable bonds is 10. The largest absolute Gasteiger partial charge is 0.493 e. The van der Waals surface area contributed by atoms with Crippen LogP contribution in [0.1, 0.15) is 44.0 Å². The van der Waals surface area contributed by atoms with Gasteiger partial charge in [0.1, 0.15) is 41.8 Å². The lowest BCUT2D eigenvalue weighted by Gasteiger charge is -2.30. The summed E-state index contributed by atoms with van der Waals surface area (Å²) in [7, 11) is 1.57. The molecule has 0 saturated carbocycles. The quantitative estimate of drug-likeness (QED) is 0.191. The number of benzene rings is 3. The summed E-state index contributed by atoms with van der Waals surface area (Å²) >= 11 is 0. The van der Waals surface area contributed by atoms with Crippen LogP contribution in [-0.2, 0) is 4.84 Å². The molecule has 1 aliphatic rings. The van der Waals surface area contributed by atoms with Crippen molar-refractivity contribution in [3.8, 4) is 23.0 Å². The fourth-order valence-corrected chi connectivity index (χ4v) is 4.79. The lowest BCUT2D eigenvalue weighted by Crippen LogP contribution is -2.40. The van der Waals surface area contributed by atoms with Crippen molar-refractivity contribution in [3.63, 3.8) is 0 Å². The second-order valence-corrected chi connectivity index (χ2v) is 11.4. The summed E-state index contributed by atoms with van der Waals surface area (Å²) in [4.78, 5) is 26.7. The first-order valence-corrected chi connectivity index (χ1v) is 14.3. The fourth-order valence-electron chi connectivity index (χ4n) is 4.79. The van der Waals surface area contributed by atoms with E-state index in [1.165, 1.54) is 18.7 Å². The fraction of sp³-hybridized carbons (Fsp3) is 0.303. The van der Waals surface area contributed by atoms with E-state index in [4.69, 9.17) is 19.0 Å². The maximum absolute atomic E-state index is 15.3. The van der Waals surface area contributed by atoms with Gasteiger partial charge in [-0.1, -0.05) is 12.6 Å². The molecule has 0 aliphatic carbocycles. The summed E-state index contributed by atoms with van der Waals surface area (Å²) in [5.41, 5.74) is 0.869. The third-order valence-corrected chi connectivity index (χ3v) is 6.85. The minimum atomic E-state index is -0.547. The van der Waals surface area contributed by atoms with Crippen molar-refractivity contribution in [2.45, 2.75) is 45.3 Å². The number of amides is 1. The molecule has 1 fully saturated rings. The van der Waals surface area contributed by atoms with E-state index in [2.05, 4.69) is 27.2 Å². The van der Waals surface area contributed by atoms with E-state index in [1.54, 1.807) is 55.6 Å². The van der Waals surface area contributed by atoms with Gasteiger partial charge in [0.05, 0.1) is 18.3 Å². The van der Waals surface area contributed by atoms with Gasteiger partial charge < -0.3 is 29.7 Å². The molecule has 0 spiro atoms. The molecule has 11 heteroatoms. The number of fused-ring (bicyclic) bond motifs is 1. The van der Waals surface area contributed by atoms with E-state index in [1.807, 2.05) is 25.8 Å². The van der Waals surface area contributed by atoms with Crippen LogP contribution in [0.5, 0.6) is 23.0 Å². The predicted molar refractivity (Wildman–Crippen MR) is 166 cm³/mol. The Morgan fingerprint density at radius 3 is 2.52 bits per heavy atom. The van der Waals surface area contributed by atoms with E-state index in [0.717, 1.165) is 12.8 Å². The highest BCUT2D eigenvalue weighted by Crippen LogP contribution is 2.37. The Hall–Kier alpha value is -4.90. The first kappa shape index (κ1) is 30.6. The zero-order chi connectivity index (χ0) is 31.3. The Bertz CT molecular complexity index is 1650. The summed E-state index contributed by atoms with van der Waals surface area (Å²) in [6.45, 7) is 10.7. The molecular weight excluding hydrogens is 565 g/mol. The Labute approximate surface area is 255 Å². The van der Waals surface area contributed by atoms with E-state index < -0.39 is 5.82 Å². The standard InChI is InChI=1S/C33H36FN5O5/c1-6-42-39-14-12-22(13-15-39)44-30-18-25-28(19-29(30)41-5)35-20-36-31(25)37-27-11-10-24(17-26(27)34)43-23-9-7-8-21(16-23)32(40)38-33(2,3)4/h6-11,16-20,22H,1,12-15H2,2-5H3,(H,38,40)(H,35,36,37). The maximum Gasteiger partial charge on any atom is 0.251 e. The Balaban J connectivity index is 1.33. The van der Waals surface area contributed by atoms with Gasteiger partial charge in [-0.25, -0.2) is 14.4 Å². The van der Waals surface area contributed by atoms with Gasteiger partial charge in [-0.15, -0.1) is 5.06 Å². The zero-order valence-corrected chi connectivity index (χ0v) is 25.2. The number of anilines is 2. The van der Waals surface area contributed by atoms with Gasteiger partial charge in [0.15, 0.2) is 11.5 Å². The SMILES string of the molecule is C=CON1CCC(Oc2cc3c(Nc4ccc(Oc5cccc(C(=O)NC(C)(C)C)c5)cc4F)ncnc3cc2OC)CC1. The molecule has 1 aromatic heterocycles. The van der Waals surface area contributed by atoms with Gasteiger partial charge in [0.2, 0.25) is 0 Å². The number of ether oxygens (including phenoxy) is 3. The van der Waals surface area contributed by atoms with Crippen LogP contribution < -0.4 is 24.8 Å². The lowest BCUT2D eigenvalue weighted by molar-refractivity contribution is -0.128. The third-order valence-electron chi connectivity index (χ3n) is 6.85. The molecule has 3 aromatic carbocycles. The van der Waals surface area contributed by atoms with Crippen LogP contribution in [0, 0.1) is 5.82 Å². The van der Waals surface area contributed by atoms with E-state index in [-0.39, 0.29) is 29.0 Å². The smallest absolute Gasteiger partial charge is 0.251 e. The summed E-state index contributed by atoms with van der Waals surface area (Å²) in [5, 5.41) is 8.48. The normalized spacial score (nSPS) is 14.1. The molecule has 0 bridgehead atoms. The van der Waals surface area contributed by atoms with Crippen molar-refractivity contribution in [2.75, 3.05) is 25.5 Å². The van der Waals surface area contributed by atoms with Gasteiger partial charge in [-0.2, -0.15) is 0 Å². The molecule has 0 atom stereocenters. The minimum absolute atomic E-state index is 0.0365. The molecule has 5 rings (SSSR count). The van der Waals surface area contributed by atoms with Crippen molar-refractivity contribution < 1.29 is 28.2 Å². The van der Waals surface area contributed by atoms with Crippen LogP contribution in [0.3, 0.4) is 0 Å². The van der Waals surface area contributed by atoms with Gasteiger partial charge in [-0.05, 0) is 57.2 Å². The number of methoxy groups -OCH3 is 1. The van der Waals surface area contributed by atoms with Crippen molar-refractivity contribution in [1.82, 2.24) is 20.3 Å². The number of piperidine rings is 1. The molecule has 1 saturated heterocycles. The highest BCUT2D eigenvalue weighted by atomic mass is 19.1. The van der Waals surface area contributed by atoms with E-state index in [9.17, 15) is 4.79 Å². The second-order valence-electron chi connectivity index (χ2n) is 11.4. The number of hydroxylamine groups is 2. The molecule has 0 radical (unpaired) electrons. The molecule has 2 heterocycles. The topological polar surface area (TPSA) is 107 Å². The average Bonchev–Trinajstić information content (AvgIpc) is 2.99. The number of hydrogen-bond donors (Lipinski definition) is 2. The molecule has 1 aliphatic heterocycles. The molecule has 4 aromatic rings. The zero-order valence-electron chi connectivity index (χ0n) is 25.2. The van der Waals surface area contributed by atoms with Crippen LogP contribution in [-0.4, -0.2) is 52.8 Å². The van der Waals surface area contributed by atoms with Crippen LogP contribution in [0.25, 0.3) is 10.9 Å². The summed E-state index contributed by atoms with van der Waals surface area (Å²) in [5.74, 6) is 1.41. The molecule has 44 heavy (non-hydrogen) atoms. The predicted octanol–water partition coefficient (Wildman–Crippen LogP) is 6.76. The Morgan fingerprint density at radius 1 is 1.05 bits per heavy atom. The lowest BCUT2D eigenvalue weighted by atomic mass is 10.1. The number of halogens is 1. The first-order chi connectivity index (χ1) is 21.1. The van der Waals surface area contributed by atoms with Gasteiger partial charge >= 0.3 is 0 Å². The molecule has 1 amide bonds. The van der Waals surface area contributed by atoms with Gasteiger partial charge in [0, 0.05) is 54.6 Å². The Morgan fingerprint density at radius 2 is 1.82 bits per heavy atom. The summed E-state index contributed by atoms with van der Waals surface area (Å²) < 4.78 is 33.1. The maximum atomic E-state index is 15.3. The van der Waals surface area contributed by atoms with Gasteiger partial charge in [0.25, 0.3) is 5.91 Å². The average molecular weight is 602 g/mol. The van der Waals surface area contributed by atoms with Gasteiger partial charge in [-0.3, -0.25) is 4.79 Å². The van der Waals surface area contributed by atoms with Crippen molar-refractivity contribution in [1.29, 1.82) is 0 Å². The highest BCUT2D eigenvalue weighted by Gasteiger charge is 2.23. The molecule has 230 valence electrons. The Kier molecular flexibility index (Phi) is 9.15. The van der Waals surface area contributed by atoms with Crippen molar-refractivity contribution >= 4 is 28.3 Å². The molecule has 2 N–H and O–H groups in total. The number of nitrogens with one attached hydrogen (secondary N) is 2. The van der Waals surface area contributed by atoms with Crippen LogP contribution in [0.2, 0.25) is 0 Å². The summed E-state index contributed by atoms with van der Waals surface area (Å²) in [6, 6.07) is 14.8. The van der Waals surface area contributed by atoms with E-state index >= 15 is 4.39 Å². The van der Waals surface area contributed by atoms with Crippen molar-refractivity contribution in [3.05, 3.63) is 85.1 Å². The third kappa shape index (κ3) is 7.54. The molecule has 0 unspecified atom stereocenters. The van der Waals surface area contributed by atoms with Crippen LogP contribution >= 0.6 is 0 Å². The number of carbonyl (C=O) groups excluding carboxylic acids is 1. The number of hydrogen-bond acceptors (Lipinski definition) is 9. The molecule has 10 nitrogen and oxygen atoms in total. The highest BCUT2D eigenvalue weighted by molar-refractivity contribution is 5.95. The van der Waals surface area contributed by atoms with Crippen LogP contribution in [0.15, 0.2) is 73.8 Å². The van der Waals surface area contributed by atoms with Crippen LogP contribution in [0.4, 0.5) is 15.9 Å². The monoisotopic (exact) mass is 601 g/mol. The first-order valence-electron chi connectivity index (χ1n) is 14.3. The summed E-state index contributed by atoms with van der Waals surface area (Å²) in [6.07, 6.45) is 4.31. The number of carbonyl (C=O) groups is 1. The second kappa shape index (κ2) is 13.2. The van der Waals surface area contributed by atoms with E-state index in [0.29, 0.717) is 52.6 Å².